The number of para-hydroxylation sites is 2. The summed E-state index contributed by atoms with van der Waals surface area (Å²) in [6, 6.07) is 14.8. The van der Waals surface area contributed by atoms with Gasteiger partial charge in [-0.3, -0.25) is 4.79 Å². The quantitative estimate of drug-likeness (QED) is 0.298. The van der Waals surface area contributed by atoms with E-state index in [0.29, 0.717) is 6.61 Å². The molecule has 4 nitrogen and oxygen atoms in total. The molecule has 4 heteroatoms. The number of aromatic nitrogens is 1. The zero-order valence-electron chi connectivity index (χ0n) is 20.0. The zero-order valence-corrected chi connectivity index (χ0v) is 20.0. The summed E-state index contributed by atoms with van der Waals surface area (Å²) in [7, 11) is 0. The maximum atomic E-state index is 13.9. The second kappa shape index (κ2) is 10.2. The number of carbonyl (C=O) groups is 1. The lowest BCUT2D eigenvalue weighted by atomic mass is 9.78. The van der Waals surface area contributed by atoms with Crippen LogP contribution < -0.4 is 5.32 Å². The highest BCUT2D eigenvalue weighted by Crippen LogP contribution is 2.36. The van der Waals surface area contributed by atoms with Crippen molar-refractivity contribution in [1.29, 1.82) is 0 Å². The third-order valence-corrected chi connectivity index (χ3v) is 7.09. The second-order valence-corrected chi connectivity index (χ2v) is 9.75. The van der Waals surface area contributed by atoms with E-state index in [0.717, 1.165) is 37.1 Å². The van der Waals surface area contributed by atoms with Crippen LogP contribution >= 0.6 is 0 Å². The fourth-order valence-electron chi connectivity index (χ4n) is 5.10. The van der Waals surface area contributed by atoms with Crippen LogP contribution in [-0.2, 0) is 11.3 Å². The topological polar surface area (TPSA) is 43.3 Å². The molecule has 0 amide bonds. The Labute approximate surface area is 192 Å². The first kappa shape index (κ1) is 23.0. The van der Waals surface area contributed by atoms with Gasteiger partial charge in [0.15, 0.2) is 5.78 Å². The fraction of sp³-hybridized carbons (Fsp3) is 0.536. The Bertz CT molecular complexity index is 1060. The molecular formula is C28H38N2O2. The van der Waals surface area contributed by atoms with Crippen molar-refractivity contribution < 1.29 is 9.53 Å². The lowest BCUT2D eigenvalue weighted by molar-refractivity contribution is -0.0323. The first-order valence-electron chi connectivity index (χ1n) is 12.4. The molecule has 0 bridgehead atoms. The molecule has 0 saturated carbocycles. The number of unbranched alkanes of at least 4 members (excludes halogenated alkanes) is 5. The van der Waals surface area contributed by atoms with Crippen LogP contribution in [0.3, 0.4) is 0 Å². The van der Waals surface area contributed by atoms with E-state index in [-0.39, 0.29) is 11.9 Å². The van der Waals surface area contributed by atoms with E-state index >= 15 is 0 Å². The number of fused-ring (bicyclic) bond motifs is 3. The van der Waals surface area contributed by atoms with Crippen molar-refractivity contribution >= 4 is 27.6 Å². The Morgan fingerprint density at radius 2 is 1.78 bits per heavy atom. The third-order valence-electron chi connectivity index (χ3n) is 7.09. The minimum Gasteiger partial charge on any atom is -0.375 e. The average molecular weight is 435 g/mol. The highest BCUT2D eigenvalue weighted by molar-refractivity contribution is 6.17. The average Bonchev–Trinajstić information content (AvgIpc) is 3.15. The van der Waals surface area contributed by atoms with Crippen molar-refractivity contribution in [2.75, 3.05) is 19.7 Å². The van der Waals surface area contributed by atoms with Crippen LogP contribution in [0, 0.1) is 5.41 Å². The molecular weight excluding hydrogens is 396 g/mol. The van der Waals surface area contributed by atoms with Crippen LogP contribution in [0.1, 0.15) is 69.7 Å². The number of morpholine rings is 1. The lowest BCUT2D eigenvalue weighted by Gasteiger charge is -2.36. The molecule has 1 unspecified atom stereocenters. The van der Waals surface area contributed by atoms with Crippen LogP contribution in [0.15, 0.2) is 42.5 Å². The van der Waals surface area contributed by atoms with Crippen molar-refractivity contribution in [3.05, 3.63) is 48.0 Å². The normalized spacial score (nSPS) is 17.3. The number of aryl methyl sites for hydroxylation is 1. The summed E-state index contributed by atoms with van der Waals surface area (Å²) < 4.78 is 8.40. The Kier molecular flexibility index (Phi) is 7.32. The second-order valence-electron chi connectivity index (χ2n) is 9.75. The van der Waals surface area contributed by atoms with E-state index in [9.17, 15) is 4.79 Å². The van der Waals surface area contributed by atoms with E-state index in [1.54, 1.807) is 0 Å². The van der Waals surface area contributed by atoms with Gasteiger partial charge in [0.2, 0.25) is 0 Å². The highest BCUT2D eigenvalue weighted by atomic mass is 16.5. The molecule has 32 heavy (non-hydrogen) atoms. The molecule has 1 atom stereocenters. The monoisotopic (exact) mass is 434 g/mol. The lowest BCUT2D eigenvalue weighted by Crippen LogP contribution is -2.49. The first-order valence-corrected chi connectivity index (χ1v) is 12.4. The van der Waals surface area contributed by atoms with E-state index in [4.69, 9.17) is 4.74 Å². The number of ether oxygens (including phenoxy) is 1. The first-order chi connectivity index (χ1) is 15.6. The van der Waals surface area contributed by atoms with E-state index in [2.05, 4.69) is 47.1 Å². The Hall–Kier alpha value is -2.17. The molecule has 4 rings (SSSR count). The predicted molar refractivity (Wildman–Crippen MR) is 134 cm³/mol. The third kappa shape index (κ3) is 4.49. The number of carbonyl (C=O) groups excluding carboxylic acids is 1. The van der Waals surface area contributed by atoms with E-state index in [1.807, 2.05) is 26.0 Å². The molecule has 0 radical (unpaired) electrons. The maximum absolute atomic E-state index is 13.9. The molecule has 1 aliphatic rings. The summed E-state index contributed by atoms with van der Waals surface area (Å²) >= 11 is 0. The van der Waals surface area contributed by atoms with Gasteiger partial charge in [0, 0.05) is 41.5 Å². The minimum absolute atomic E-state index is 0.115. The van der Waals surface area contributed by atoms with Crippen LogP contribution in [0.4, 0.5) is 0 Å². The zero-order chi connectivity index (χ0) is 22.6. The Morgan fingerprint density at radius 1 is 1.03 bits per heavy atom. The van der Waals surface area contributed by atoms with Gasteiger partial charge in [0.25, 0.3) is 0 Å². The number of rotatable bonds is 10. The molecule has 2 aromatic carbocycles. The number of benzene rings is 2. The van der Waals surface area contributed by atoms with Gasteiger partial charge >= 0.3 is 0 Å². The number of hydrogen-bond acceptors (Lipinski definition) is 3. The number of ketones is 1. The summed E-state index contributed by atoms with van der Waals surface area (Å²) in [5.74, 6) is 0.170. The Balaban J connectivity index is 1.71. The highest BCUT2D eigenvalue weighted by Gasteiger charge is 2.40. The summed E-state index contributed by atoms with van der Waals surface area (Å²) in [6.45, 7) is 9.50. The largest absolute Gasteiger partial charge is 0.375 e. The number of nitrogens with zero attached hydrogens (tertiary/aromatic N) is 1. The van der Waals surface area contributed by atoms with Crippen molar-refractivity contribution in [3.63, 3.8) is 0 Å². The van der Waals surface area contributed by atoms with Crippen LogP contribution in [-0.4, -0.2) is 36.2 Å². The summed E-state index contributed by atoms with van der Waals surface area (Å²) in [5, 5.41) is 5.79. The van der Waals surface area contributed by atoms with Gasteiger partial charge < -0.3 is 14.6 Å². The molecule has 3 aromatic rings. The van der Waals surface area contributed by atoms with Gasteiger partial charge in [-0.15, -0.1) is 0 Å². The molecule has 2 heterocycles. The Morgan fingerprint density at radius 3 is 2.56 bits per heavy atom. The predicted octanol–water partition coefficient (Wildman–Crippen LogP) is 6.35. The van der Waals surface area contributed by atoms with Crippen molar-refractivity contribution in [2.24, 2.45) is 5.41 Å². The summed E-state index contributed by atoms with van der Waals surface area (Å²) in [6.07, 6.45) is 7.45. The molecule has 1 aromatic heterocycles. The fourth-order valence-corrected chi connectivity index (χ4v) is 5.10. The SMILES string of the molecule is CCCCCCCCn1c2ccccc2c2cccc(C(=O)C(C)(C)C3CNCCO3)c21. The van der Waals surface area contributed by atoms with Crippen molar-refractivity contribution in [2.45, 2.75) is 71.9 Å². The summed E-state index contributed by atoms with van der Waals surface area (Å²) in [5.41, 5.74) is 2.54. The van der Waals surface area contributed by atoms with Crippen LogP contribution in [0.25, 0.3) is 21.8 Å². The molecule has 1 N–H and O–H groups in total. The minimum atomic E-state index is -0.594. The molecule has 1 saturated heterocycles. The van der Waals surface area contributed by atoms with Crippen LogP contribution in [0.2, 0.25) is 0 Å². The number of nitrogens with one attached hydrogen (secondary N) is 1. The van der Waals surface area contributed by atoms with Crippen molar-refractivity contribution in [3.8, 4) is 0 Å². The molecule has 1 fully saturated rings. The van der Waals surface area contributed by atoms with Gasteiger partial charge in [-0.25, -0.2) is 0 Å². The molecule has 172 valence electrons. The summed E-state index contributed by atoms with van der Waals surface area (Å²) in [4.78, 5) is 13.9. The van der Waals surface area contributed by atoms with Crippen molar-refractivity contribution in [1.82, 2.24) is 9.88 Å². The standard InChI is InChI=1S/C28H38N2O2/c1-4-5-6-7-8-11-18-30-24-16-10-9-13-21(24)22-14-12-15-23(26(22)30)27(31)28(2,3)25-20-29-17-19-32-25/h9-10,12-16,25,29H,4-8,11,17-20H2,1-3H3. The van der Waals surface area contributed by atoms with Gasteiger partial charge in [0.1, 0.15) is 0 Å². The molecule has 0 spiro atoms. The molecule has 1 aliphatic heterocycles. The van der Waals surface area contributed by atoms with Crippen LogP contribution in [0.5, 0.6) is 0 Å². The maximum Gasteiger partial charge on any atom is 0.173 e. The van der Waals surface area contributed by atoms with Gasteiger partial charge in [-0.1, -0.05) is 69.4 Å². The number of Topliss-reactive ketones (excluding diaryl/α,β-unsaturated/α-hetero) is 1. The molecule has 0 aliphatic carbocycles. The van der Waals surface area contributed by atoms with E-state index in [1.165, 1.54) is 48.4 Å². The van der Waals surface area contributed by atoms with Gasteiger partial charge in [-0.2, -0.15) is 0 Å². The number of hydrogen-bond donors (Lipinski definition) is 1. The van der Waals surface area contributed by atoms with Gasteiger partial charge in [-0.05, 0) is 32.4 Å². The smallest absolute Gasteiger partial charge is 0.173 e. The van der Waals surface area contributed by atoms with Gasteiger partial charge in [0.05, 0.1) is 23.6 Å². The van der Waals surface area contributed by atoms with E-state index < -0.39 is 5.41 Å².